The fraction of sp³-hybridized carbons (Fsp3) is 1.00. The predicted octanol–water partition coefficient (Wildman–Crippen LogP) is -1.94. The molecule has 5 nitrogen and oxygen atoms in total. The first-order chi connectivity index (χ1) is 5.02. The van der Waals surface area contributed by atoms with Gasteiger partial charge in [0.15, 0.2) is 5.79 Å². The van der Waals surface area contributed by atoms with Crippen molar-refractivity contribution in [2.24, 2.45) is 0 Å². The highest BCUT2D eigenvalue weighted by molar-refractivity contribution is 4.70. The second-order valence-corrected chi connectivity index (χ2v) is 2.48. The molecule has 1 heterocycles. The molecule has 0 aliphatic carbocycles. The van der Waals surface area contributed by atoms with Crippen molar-refractivity contribution in [3.63, 3.8) is 0 Å². The van der Waals surface area contributed by atoms with Crippen LogP contribution in [0.25, 0.3) is 0 Å². The van der Waals surface area contributed by atoms with Crippen molar-refractivity contribution in [2.75, 3.05) is 19.8 Å². The lowest BCUT2D eigenvalue weighted by atomic mass is 10.4. The Morgan fingerprint density at radius 1 is 1.45 bits per heavy atom. The largest absolute Gasteiger partial charge is 0.394 e. The third-order valence-corrected chi connectivity index (χ3v) is 0.984. The zero-order chi connectivity index (χ0) is 8.91. The maximum absolute atomic E-state index is 8.41. The molecule has 1 atom stereocenters. The molecule has 0 bridgehead atoms. The smallest absolute Gasteiger partial charge is 0.186 e. The molecule has 1 fully saturated rings. The van der Waals surface area contributed by atoms with Crippen molar-refractivity contribution in [2.45, 2.75) is 18.8 Å². The van der Waals surface area contributed by atoms with E-state index >= 15 is 0 Å². The van der Waals surface area contributed by atoms with E-state index in [0.717, 1.165) is 0 Å². The molecular weight excluding hydrogens is 152 g/mol. The summed E-state index contributed by atoms with van der Waals surface area (Å²) in [6.45, 7) is 1.41. The van der Waals surface area contributed by atoms with E-state index in [1.807, 2.05) is 0 Å². The average molecular weight is 166 g/mol. The predicted molar refractivity (Wildman–Crippen MR) is 36.8 cm³/mol. The Morgan fingerprint density at radius 2 is 1.73 bits per heavy atom. The first kappa shape index (κ1) is 10.8. The first-order valence-electron chi connectivity index (χ1n) is 3.28. The summed E-state index contributed by atoms with van der Waals surface area (Å²) in [6.07, 6.45) is -0.954. The van der Waals surface area contributed by atoms with Crippen molar-refractivity contribution >= 4 is 0 Å². The van der Waals surface area contributed by atoms with Gasteiger partial charge >= 0.3 is 0 Å². The summed E-state index contributed by atoms with van der Waals surface area (Å²) < 4.78 is 4.45. The van der Waals surface area contributed by atoms with Crippen LogP contribution in [0.2, 0.25) is 0 Å². The Morgan fingerprint density at radius 3 is 1.73 bits per heavy atom. The fourth-order valence-corrected chi connectivity index (χ4v) is 0.162. The lowest BCUT2D eigenvalue weighted by molar-refractivity contribution is 0.0450. The van der Waals surface area contributed by atoms with E-state index in [9.17, 15) is 0 Å². The van der Waals surface area contributed by atoms with E-state index in [4.69, 9.17) is 20.4 Å². The highest BCUT2D eigenvalue weighted by Crippen LogP contribution is 2.19. The number of aliphatic hydroxyl groups is 4. The molecule has 68 valence electrons. The van der Waals surface area contributed by atoms with E-state index in [1.165, 1.54) is 0 Å². The van der Waals surface area contributed by atoms with Crippen LogP contribution < -0.4 is 0 Å². The zero-order valence-corrected chi connectivity index (χ0v) is 6.40. The van der Waals surface area contributed by atoms with E-state index in [0.29, 0.717) is 6.61 Å². The molecule has 0 radical (unpaired) electrons. The van der Waals surface area contributed by atoms with Gasteiger partial charge in [-0.1, -0.05) is 0 Å². The van der Waals surface area contributed by atoms with Gasteiger partial charge in [-0.05, 0) is 6.92 Å². The third kappa shape index (κ3) is 7.70. The van der Waals surface area contributed by atoms with Gasteiger partial charge in [0.1, 0.15) is 12.7 Å². The Hall–Kier alpha value is -0.200. The van der Waals surface area contributed by atoms with Crippen molar-refractivity contribution < 1.29 is 25.2 Å². The van der Waals surface area contributed by atoms with Gasteiger partial charge in [-0.3, -0.25) is 0 Å². The molecule has 1 saturated heterocycles. The molecule has 1 rings (SSSR count). The topological polar surface area (TPSA) is 93.5 Å². The zero-order valence-electron chi connectivity index (χ0n) is 6.40. The summed E-state index contributed by atoms with van der Waals surface area (Å²) in [7, 11) is 0. The van der Waals surface area contributed by atoms with Crippen molar-refractivity contribution in [1.29, 1.82) is 0 Å². The van der Waals surface area contributed by atoms with E-state index in [2.05, 4.69) is 4.74 Å². The van der Waals surface area contributed by atoms with E-state index in [1.54, 1.807) is 6.92 Å². The van der Waals surface area contributed by atoms with Gasteiger partial charge in [-0.2, -0.15) is 0 Å². The highest BCUT2D eigenvalue weighted by Gasteiger charge is 2.35. The minimum Gasteiger partial charge on any atom is -0.394 e. The molecule has 0 aromatic rings. The standard InChI is InChI=1S/C3H8O3.C3H6O2/c4-1-3(6)2-5;1-3(4)2-5-3/h3-6H,1-2H2;4H,2H2,1H3. The molecule has 11 heavy (non-hydrogen) atoms. The van der Waals surface area contributed by atoms with Gasteiger partial charge in [0.2, 0.25) is 0 Å². The summed E-state index contributed by atoms with van der Waals surface area (Å²) in [6, 6.07) is 0. The first-order valence-corrected chi connectivity index (χ1v) is 3.28. The van der Waals surface area contributed by atoms with Crippen LogP contribution in [0, 0.1) is 0 Å². The van der Waals surface area contributed by atoms with Gasteiger partial charge in [-0.25, -0.2) is 0 Å². The Kier molecular flexibility index (Phi) is 4.55. The van der Waals surface area contributed by atoms with Crippen LogP contribution in [0.1, 0.15) is 6.92 Å². The van der Waals surface area contributed by atoms with Crippen LogP contribution in [0.3, 0.4) is 0 Å². The van der Waals surface area contributed by atoms with Crippen molar-refractivity contribution in [3.8, 4) is 0 Å². The summed E-state index contributed by atoms with van der Waals surface area (Å²) in [5, 5.41) is 32.4. The van der Waals surface area contributed by atoms with Crippen LogP contribution >= 0.6 is 0 Å². The molecule has 0 aromatic carbocycles. The molecular formula is C6H14O5. The van der Waals surface area contributed by atoms with Crippen LogP contribution in [-0.4, -0.2) is 52.1 Å². The Labute approximate surface area is 64.9 Å². The molecule has 5 heteroatoms. The SMILES string of the molecule is CC1(O)CO1.OCC(O)CO. The Bertz CT molecular complexity index is 93.1. The summed E-state index contributed by atoms with van der Waals surface area (Å²) in [4.78, 5) is 0. The van der Waals surface area contributed by atoms with E-state index in [-0.39, 0.29) is 13.2 Å². The molecule has 0 aromatic heterocycles. The normalized spacial score (nSPS) is 27.8. The average Bonchev–Trinajstić information content (AvgIpc) is 2.65. The minimum absolute atomic E-state index is 0.365. The second kappa shape index (κ2) is 4.63. The monoisotopic (exact) mass is 166 g/mol. The van der Waals surface area contributed by atoms with Crippen LogP contribution in [0.15, 0.2) is 0 Å². The minimum atomic E-state index is -0.954. The number of aliphatic hydroxyl groups excluding tert-OH is 3. The quantitative estimate of drug-likeness (QED) is 0.358. The fourth-order valence-electron chi connectivity index (χ4n) is 0.162. The molecule has 0 amide bonds. The maximum Gasteiger partial charge on any atom is 0.186 e. The summed E-state index contributed by atoms with van der Waals surface area (Å²) >= 11 is 0. The third-order valence-electron chi connectivity index (χ3n) is 0.984. The number of rotatable bonds is 2. The second-order valence-electron chi connectivity index (χ2n) is 2.48. The summed E-state index contributed by atoms with van der Waals surface area (Å²) in [5.74, 6) is -0.750. The number of hydrogen-bond donors (Lipinski definition) is 4. The lowest BCUT2D eigenvalue weighted by Gasteiger charge is -1.96. The number of hydrogen-bond acceptors (Lipinski definition) is 5. The molecule has 4 N–H and O–H groups in total. The molecule has 0 spiro atoms. The van der Waals surface area contributed by atoms with Gasteiger partial charge in [0.05, 0.1) is 13.2 Å². The van der Waals surface area contributed by atoms with Crippen LogP contribution in [0.4, 0.5) is 0 Å². The molecule has 1 aliphatic heterocycles. The molecule has 0 saturated carbocycles. The van der Waals surface area contributed by atoms with Gasteiger partial charge in [0, 0.05) is 0 Å². The number of epoxide rings is 1. The van der Waals surface area contributed by atoms with Gasteiger partial charge in [0.25, 0.3) is 0 Å². The van der Waals surface area contributed by atoms with Crippen LogP contribution in [0.5, 0.6) is 0 Å². The van der Waals surface area contributed by atoms with E-state index < -0.39 is 11.9 Å². The summed E-state index contributed by atoms with van der Waals surface area (Å²) in [5.41, 5.74) is 0. The maximum atomic E-state index is 8.41. The number of ether oxygens (including phenoxy) is 1. The molecule has 1 aliphatic rings. The van der Waals surface area contributed by atoms with Gasteiger partial charge < -0.3 is 25.2 Å². The van der Waals surface area contributed by atoms with Crippen molar-refractivity contribution in [3.05, 3.63) is 0 Å². The van der Waals surface area contributed by atoms with Gasteiger partial charge in [-0.15, -0.1) is 0 Å². The lowest BCUT2D eigenvalue weighted by Crippen LogP contribution is -2.15. The molecule has 1 unspecified atom stereocenters. The van der Waals surface area contributed by atoms with Crippen molar-refractivity contribution in [1.82, 2.24) is 0 Å². The Balaban J connectivity index is 0.000000183. The highest BCUT2D eigenvalue weighted by atomic mass is 16.7. The van der Waals surface area contributed by atoms with Crippen LogP contribution in [-0.2, 0) is 4.74 Å².